The molecule has 106 valence electrons. The summed E-state index contributed by atoms with van der Waals surface area (Å²) in [6.07, 6.45) is 0.697. The number of hydrogen-bond donors (Lipinski definition) is 0. The van der Waals surface area contributed by atoms with E-state index >= 15 is 0 Å². The summed E-state index contributed by atoms with van der Waals surface area (Å²) in [5, 5.41) is 0.783. The Labute approximate surface area is 135 Å². The fraction of sp³-hybridized carbons (Fsp3) is 0.333. The number of aryl methyl sites for hydroxylation is 1. The fourth-order valence-corrected chi connectivity index (χ4v) is 3.19. The third-order valence-corrected chi connectivity index (χ3v) is 4.13. The molecular formula is C15H15Br2NO2. The first-order valence-corrected chi connectivity index (χ1v) is 7.98. The standard InChI is InChI=1S/C15H15Br2NO2/c1-4-9(3)20-15(19)12-5-8(2)18-14-11(12)6-10(16)7-13(14)17/h5-7,9H,4H2,1-3H3/t9-/m1/s1. The summed E-state index contributed by atoms with van der Waals surface area (Å²) in [5.41, 5.74) is 2.11. The van der Waals surface area contributed by atoms with Crippen LogP contribution in [0.4, 0.5) is 0 Å². The molecule has 0 amide bonds. The number of nitrogens with zero attached hydrogens (tertiary/aromatic N) is 1. The SMILES string of the molecule is CC[C@@H](C)OC(=O)c1cc(C)nc2c(Br)cc(Br)cc12. The van der Waals surface area contributed by atoms with Crippen molar-refractivity contribution < 1.29 is 9.53 Å². The molecule has 0 saturated heterocycles. The number of aromatic nitrogens is 1. The highest BCUT2D eigenvalue weighted by Crippen LogP contribution is 2.30. The number of pyridine rings is 1. The Balaban J connectivity index is 2.60. The zero-order valence-corrected chi connectivity index (χ0v) is 14.7. The number of carbonyl (C=O) groups excluding carboxylic acids is 1. The van der Waals surface area contributed by atoms with E-state index in [1.807, 2.05) is 32.9 Å². The van der Waals surface area contributed by atoms with Crippen molar-refractivity contribution in [1.82, 2.24) is 4.98 Å². The van der Waals surface area contributed by atoms with Crippen molar-refractivity contribution in [3.63, 3.8) is 0 Å². The van der Waals surface area contributed by atoms with E-state index in [0.717, 1.165) is 32.0 Å². The second-order valence-corrected chi connectivity index (χ2v) is 6.49. The summed E-state index contributed by atoms with van der Waals surface area (Å²) in [4.78, 5) is 16.8. The first-order chi connectivity index (χ1) is 9.42. The van der Waals surface area contributed by atoms with E-state index in [9.17, 15) is 4.79 Å². The Morgan fingerprint density at radius 3 is 2.70 bits per heavy atom. The first kappa shape index (κ1) is 15.4. The van der Waals surface area contributed by atoms with E-state index in [-0.39, 0.29) is 12.1 Å². The zero-order chi connectivity index (χ0) is 14.9. The molecule has 2 rings (SSSR count). The van der Waals surface area contributed by atoms with E-state index in [1.54, 1.807) is 6.07 Å². The molecule has 0 fully saturated rings. The van der Waals surface area contributed by atoms with Crippen molar-refractivity contribution in [3.05, 3.63) is 38.4 Å². The van der Waals surface area contributed by atoms with Crippen molar-refractivity contribution in [2.75, 3.05) is 0 Å². The van der Waals surface area contributed by atoms with Gasteiger partial charge in [-0.1, -0.05) is 22.9 Å². The van der Waals surface area contributed by atoms with Gasteiger partial charge in [0.25, 0.3) is 0 Å². The van der Waals surface area contributed by atoms with Crippen molar-refractivity contribution in [1.29, 1.82) is 0 Å². The summed E-state index contributed by atoms with van der Waals surface area (Å²) in [6.45, 7) is 5.74. The Bertz CT molecular complexity index is 670. The first-order valence-electron chi connectivity index (χ1n) is 6.39. The lowest BCUT2D eigenvalue weighted by atomic mass is 10.1. The van der Waals surface area contributed by atoms with Gasteiger partial charge in [0.1, 0.15) is 0 Å². The average Bonchev–Trinajstić information content (AvgIpc) is 2.38. The minimum atomic E-state index is -0.306. The number of hydrogen-bond acceptors (Lipinski definition) is 3. The van der Waals surface area contributed by atoms with E-state index in [0.29, 0.717) is 5.56 Å². The van der Waals surface area contributed by atoms with Crippen molar-refractivity contribution in [2.24, 2.45) is 0 Å². The van der Waals surface area contributed by atoms with E-state index < -0.39 is 0 Å². The third kappa shape index (κ3) is 3.20. The van der Waals surface area contributed by atoms with Crippen LogP contribution >= 0.6 is 31.9 Å². The Morgan fingerprint density at radius 1 is 1.35 bits per heavy atom. The van der Waals surface area contributed by atoms with Gasteiger partial charge in [0.05, 0.1) is 17.2 Å². The molecule has 0 aliphatic carbocycles. The van der Waals surface area contributed by atoms with Crippen LogP contribution in [0.5, 0.6) is 0 Å². The Hall–Kier alpha value is -0.940. The van der Waals surface area contributed by atoms with Crippen LogP contribution in [0.25, 0.3) is 10.9 Å². The van der Waals surface area contributed by atoms with Crippen LogP contribution in [0.1, 0.15) is 36.3 Å². The predicted octanol–water partition coefficient (Wildman–Crippen LogP) is 5.02. The highest BCUT2D eigenvalue weighted by atomic mass is 79.9. The lowest BCUT2D eigenvalue weighted by molar-refractivity contribution is 0.0336. The van der Waals surface area contributed by atoms with E-state index in [1.165, 1.54) is 0 Å². The van der Waals surface area contributed by atoms with Crippen molar-refractivity contribution in [3.8, 4) is 0 Å². The van der Waals surface area contributed by atoms with Gasteiger partial charge in [-0.15, -0.1) is 0 Å². The fourth-order valence-electron chi connectivity index (χ4n) is 1.88. The highest BCUT2D eigenvalue weighted by molar-refractivity contribution is 9.11. The third-order valence-electron chi connectivity index (χ3n) is 3.06. The largest absolute Gasteiger partial charge is 0.459 e. The van der Waals surface area contributed by atoms with Crippen LogP contribution < -0.4 is 0 Å². The molecule has 20 heavy (non-hydrogen) atoms. The lowest BCUT2D eigenvalue weighted by Crippen LogP contribution is -2.14. The Kier molecular flexibility index (Phi) is 4.81. The van der Waals surface area contributed by atoms with Gasteiger partial charge in [0.15, 0.2) is 0 Å². The summed E-state index contributed by atoms with van der Waals surface area (Å²) in [7, 11) is 0. The quantitative estimate of drug-likeness (QED) is 0.678. The van der Waals surface area contributed by atoms with Gasteiger partial charge >= 0.3 is 5.97 Å². The number of halogens is 2. The van der Waals surface area contributed by atoms with Crippen LogP contribution in [0.3, 0.4) is 0 Å². The minimum absolute atomic E-state index is 0.0957. The lowest BCUT2D eigenvalue weighted by Gasteiger charge is -2.13. The molecule has 0 radical (unpaired) electrons. The minimum Gasteiger partial charge on any atom is -0.459 e. The normalized spacial score (nSPS) is 12.4. The summed E-state index contributed by atoms with van der Waals surface area (Å²) in [5.74, 6) is -0.306. The molecule has 0 saturated carbocycles. The van der Waals surface area contributed by atoms with Gasteiger partial charge in [0, 0.05) is 20.0 Å². The molecular weight excluding hydrogens is 386 g/mol. The molecule has 0 spiro atoms. The van der Waals surface area contributed by atoms with E-state index in [4.69, 9.17) is 4.74 Å². The van der Waals surface area contributed by atoms with Crippen LogP contribution in [0.15, 0.2) is 27.1 Å². The number of rotatable bonds is 3. The smallest absolute Gasteiger partial charge is 0.339 e. The molecule has 0 bridgehead atoms. The van der Waals surface area contributed by atoms with Gasteiger partial charge < -0.3 is 4.74 Å². The maximum atomic E-state index is 12.3. The molecule has 0 unspecified atom stereocenters. The molecule has 3 nitrogen and oxygen atoms in total. The second-order valence-electron chi connectivity index (χ2n) is 4.72. The molecule has 0 N–H and O–H groups in total. The van der Waals surface area contributed by atoms with Gasteiger partial charge in [-0.25, -0.2) is 4.79 Å². The number of ether oxygens (including phenoxy) is 1. The van der Waals surface area contributed by atoms with Crippen LogP contribution in [-0.2, 0) is 4.74 Å². The van der Waals surface area contributed by atoms with Crippen LogP contribution in [0.2, 0.25) is 0 Å². The van der Waals surface area contributed by atoms with Gasteiger partial charge in [-0.05, 0) is 54.4 Å². The number of esters is 1. The maximum absolute atomic E-state index is 12.3. The topological polar surface area (TPSA) is 39.2 Å². The number of carbonyl (C=O) groups is 1. The van der Waals surface area contributed by atoms with Gasteiger partial charge in [-0.3, -0.25) is 4.98 Å². The molecule has 1 aromatic heterocycles. The number of fused-ring (bicyclic) bond motifs is 1. The second kappa shape index (κ2) is 6.22. The van der Waals surface area contributed by atoms with Crippen molar-refractivity contribution in [2.45, 2.75) is 33.3 Å². The summed E-state index contributed by atoms with van der Waals surface area (Å²) in [6, 6.07) is 5.57. The molecule has 1 aromatic carbocycles. The van der Waals surface area contributed by atoms with Gasteiger partial charge in [0.2, 0.25) is 0 Å². The Morgan fingerprint density at radius 2 is 2.05 bits per heavy atom. The summed E-state index contributed by atoms with van der Waals surface area (Å²) < 4.78 is 7.17. The predicted molar refractivity (Wildman–Crippen MR) is 87.0 cm³/mol. The van der Waals surface area contributed by atoms with Crippen molar-refractivity contribution >= 4 is 48.7 Å². The molecule has 5 heteroatoms. The summed E-state index contributed by atoms with van der Waals surface area (Å²) >= 11 is 6.92. The number of benzene rings is 1. The zero-order valence-electron chi connectivity index (χ0n) is 11.5. The van der Waals surface area contributed by atoms with Crippen LogP contribution in [0, 0.1) is 6.92 Å². The van der Waals surface area contributed by atoms with Gasteiger partial charge in [-0.2, -0.15) is 0 Å². The van der Waals surface area contributed by atoms with E-state index in [2.05, 4.69) is 36.8 Å². The maximum Gasteiger partial charge on any atom is 0.339 e. The average molecular weight is 401 g/mol. The molecule has 1 heterocycles. The molecule has 1 atom stereocenters. The molecule has 2 aromatic rings. The molecule has 0 aliphatic heterocycles. The monoisotopic (exact) mass is 399 g/mol. The highest BCUT2D eigenvalue weighted by Gasteiger charge is 2.17. The van der Waals surface area contributed by atoms with Crippen LogP contribution in [-0.4, -0.2) is 17.1 Å². The molecule has 0 aliphatic rings.